The van der Waals surface area contributed by atoms with Crippen molar-refractivity contribution in [1.82, 2.24) is 10.2 Å². The number of methoxy groups -OCH3 is 2. The molecule has 0 bridgehead atoms. The number of hydrogen-bond acceptors (Lipinski definition) is 8. The van der Waals surface area contributed by atoms with Gasteiger partial charge in [0.1, 0.15) is 11.5 Å². The highest BCUT2D eigenvalue weighted by Gasteiger charge is 2.16. The first-order chi connectivity index (χ1) is 11.3. The van der Waals surface area contributed by atoms with Gasteiger partial charge in [-0.15, -0.1) is 10.2 Å². The molecule has 1 aromatic carbocycles. The molecule has 0 aliphatic heterocycles. The van der Waals surface area contributed by atoms with Gasteiger partial charge in [-0.3, -0.25) is 4.79 Å². The van der Waals surface area contributed by atoms with E-state index in [2.05, 4.69) is 36.3 Å². The van der Waals surface area contributed by atoms with Crippen LogP contribution < -0.4 is 14.8 Å². The Morgan fingerprint density at radius 2 is 2.00 bits per heavy atom. The van der Waals surface area contributed by atoms with Gasteiger partial charge in [0.05, 0.1) is 25.5 Å². The molecule has 0 spiro atoms. The molecule has 2 aromatic rings. The summed E-state index contributed by atoms with van der Waals surface area (Å²) in [4.78, 5) is 12.4. The van der Waals surface area contributed by atoms with Crippen LogP contribution in [0.3, 0.4) is 0 Å². The number of hydrogen-bond donors (Lipinski definition) is 1. The molecular formula is C16H21N3O3S2. The maximum atomic E-state index is 12.4. The Hall–Kier alpha value is -1.80. The lowest BCUT2D eigenvalue weighted by Gasteiger charge is -2.18. The quantitative estimate of drug-likeness (QED) is 0.590. The van der Waals surface area contributed by atoms with E-state index in [-0.39, 0.29) is 17.1 Å². The van der Waals surface area contributed by atoms with Crippen molar-refractivity contribution >= 4 is 34.0 Å². The minimum Gasteiger partial charge on any atom is -0.497 e. The van der Waals surface area contributed by atoms with Crippen LogP contribution in [0.25, 0.3) is 0 Å². The lowest BCUT2D eigenvalue weighted by molar-refractivity contribution is 0.101. The lowest BCUT2D eigenvalue weighted by Crippen LogP contribution is -2.25. The molecule has 0 unspecified atom stereocenters. The average Bonchev–Trinajstić information content (AvgIpc) is 2.97. The van der Waals surface area contributed by atoms with Gasteiger partial charge < -0.3 is 14.8 Å². The van der Waals surface area contributed by atoms with Gasteiger partial charge in [-0.25, -0.2) is 0 Å². The number of carbonyl (C=O) groups excluding carboxylic acids is 1. The second kappa shape index (κ2) is 7.85. The normalized spacial score (nSPS) is 11.2. The van der Waals surface area contributed by atoms with Gasteiger partial charge in [0.15, 0.2) is 10.1 Å². The van der Waals surface area contributed by atoms with E-state index in [1.54, 1.807) is 25.3 Å². The van der Waals surface area contributed by atoms with Crippen molar-refractivity contribution in [3.63, 3.8) is 0 Å². The van der Waals surface area contributed by atoms with Crippen LogP contribution in [0.5, 0.6) is 11.5 Å². The van der Waals surface area contributed by atoms with Crippen molar-refractivity contribution in [2.75, 3.05) is 25.3 Å². The first-order valence-electron chi connectivity index (χ1n) is 7.32. The molecule has 0 amide bonds. The first-order valence-corrected chi connectivity index (χ1v) is 9.12. The van der Waals surface area contributed by atoms with Crippen LogP contribution in [0.1, 0.15) is 31.1 Å². The monoisotopic (exact) mass is 367 g/mol. The maximum absolute atomic E-state index is 12.4. The fourth-order valence-corrected chi connectivity index (χ4v) is 3.72. The Morgan fingerprint density at radius 1 is 1.25 bits per heavy atom. The molecule has 0 fully saturated rings. The van der Waals surface area contributed by atoms with Crippen molar-refractivity contribution in [2.24, 2.45) is 0 Å². The minimum atomic E-state index is -0.0756. The average molecular weight is 367 g/mol. The first kappa shape index (κ1) is 18.5. The van der Waals surface area contributed by atoms with Gasteiger partial charge in [0.25, 0.3) is 0 Å². The summed E-state index contributed by atoms with van der Waals surface area (Å²) in [5.74, 6) is 1.40. The summed E-state index contributed by atoms with van der Waals surface area (Å²) in [6.07, 6.45) is 0. The number of ether oxygens (including phenoxy) is 2. The largest absolute Gasteiger partial charge is 0.497 e. The third-order valence-corrected chi connectivity index (χ3v) is 4.90. The zero-order chi connectivity index (χ0) is 17.7. The smallest absolute Gasteiger partial charge is 0.206 e. The Bertz CT molecular complexity index is 711. The molecule has 0 atom stereocenters. The summed E-state index contributed by atoms with van der Waals surface area (Å²) < 4.78 is 11.2. The summed E-state index contributed by atoms with van der Waals surface area (Å²) in [7, 11) is 3.11. The number of Topliss-reactive ketones (excluding diaryl/α,β-unsaturated/α-hetero) is 1. The van der Waals surface area contributed by atoms with Crippen LogP contribution in [0.4, 0.5) is 5.13 Å². The van der Waals surface area contributed by atoms with Crippen LogP contribution in [0.2, 0.25) is 0 Å². The predicted octanol–water partition coefficient (Wildman–Crippen LogP) is 3.74. The Kier molecular flexibility index (Phi) is 6.06. The van der Waals surface area contributed by atoms with E-state index < -0.39 is 0 Å². The number of nitrogens with zero attached hydrogens (tertiary/aromatic N) is 2. The number of aromatic nitrogens is 2. The Morgan fingerprint density at radius 3 is 2.62 bits per heavy atom. The highest BCUT2D eigenvalue weighted by atomic mass is 32.2. The highest BCUT2D eigenvalue weighted by molar-refractivity contribution is 8.01. The van der Waals surface area contributed by atoms with E-state index in [9.17, 15) is 4.79 Å². The SMILES string of the molecule is COc1ccc(C(=O)CSc2nnc(NC(C)(C)C)s2)c(OC)c1. The molecular weight excluding hydrogens is 346 g/mol. The second-order valence-electron chi connectivity index (χ2n) is 6.03. The van der Waals surface area contributed by atoms with E-state index in [0.717, 1.165) is 9.47 Å². The maximum Gasteiger partial charge on any atom is 0.206 e. The molecule has 0 saturated heterocycles. The van der Waals surface area contributed by atoms with E-state index >= 15 is 0 Å². The molecule has 8 heteroatoms. The number of anilines is 1. The van der Waals surface area contributed by atoms with Gasteiger partial charge in [0.2, 0.25) is 5.13 Å². The second-order valence-corrected chi connectivity index (χ2v) is 8.23. The number of thioether (sulfide) groups is 1. The number of carbonyl (C=O) groups is 1. The number of rotatable bonds is 7. The molecule has 1 heterocycles. The minimum absolute atomic E-state index is 0.0277. The van der Waals surface area contributed by atoms with Crippen LogP contribution in [-0.2, 0) is 0 Å². The predicted molar refractivity (Wildman–Crippen MR) is 97.9 cm³/mol. The van der Waals surface area contributed by atoms with Gasteiger partial charge in [-0.1, -0.05) is 23.1 Å². The Labute approximate surface area is 150 Å². The van der Waals surface area contributed by atoms with E-state index in [4.69, 9.17) is 9.47 Å². The fourth-order valence-electron chi connectivity index (χ4n) is 1.87. The molecule has 2 rings (SSSR count). The van der Waals surface area contributed by atoms with Crippen molar-refractivity contribution in [1.29, 1.82) is 0 Å². The summed E-state index contributed by atoms with van der Waals surface area (Å²) in [6, 6.07) is 5.16. The van der Waals surface area contributed by atoms with E-state index in [0.29, 0.717) is 17.1 Å². The van der Waals surface area contributed by atoms with E-state index in [1.807, 2.05) is 0 Å². The fraction of sp³-hybridized carbons (Fsp3) is 0.438. The van der Waals surface area contributed by atoms with Gasteiger partial charge in [-0.05, 0) is 32.9 Å². The highest BCUT2D eigenvalue weighted by Crippen LogP contribution is 2.30. The summed E-state index contributed by atoms with van der Waals surface area (Å²) >= 11 is 2.81. The number of nitrogens with one attached hydrogen (secondary N) is 1. The van der Waals surface area contributed by atoms with Crippen molar-refractivity contribution < 1.29 is 14.3 Å². The third kappa shape index (κ3) is 5.10. The van der Waals surface area contributed by atoms with Crippen LogP contribution in [0, 0.1) is 0 Å². The van der Waals surface area contributed by atoms with Crippen molar-refractivity contribution in [2.45, 2.75) is 30.6 Å². The van der Waals surface area contributed by atoms with E-state index in [1.165, 1.54) is 30.2 Å². The standard InChI is InChI=1S/C16H21N3O3S2/c1-16(2,3)17-14-18-19-15(24-14)23-9-12(20)11-7-6-10(21-4)8-13(11)22-5/h6-8H,9H2,1-5H3,(H,17,18). The summed E-state index contributed by atoms with van der Waals surface area (Å²) in [6.45, 7) is 6.17. The third-order valence-electron chi connectivity index (χ3n) is 2.92. The van der Waals surface area contributed by atoms with Crippen LogP contribution in [-0.4, -0.2) is 41.5 Å². The lowest BCUT2D eigenvalue weighted by atomic mass is 10.1. The van der Waals surface area contributed by atoms with Gasteiger partial charge in [-0.2, -0.15) is 0 Å². The molecule has 0 aliphatic carbocycles. The van der Waals surface area contributed by atoms with Gasteiger partial charge in [0, 0.05) is 11.6 Å². The number of benzene rings is 1. The molecule has 24 heavy (non-hydrogen) atoms. The molecule has 0 radical (unpaired) electrons. The van der Waals surface area contributed by atoms with Crippen LogP contribution in [0.15, 0.2) is 22.5 Å². The van der Waals surface area contributed by atoms with Crippen molar-refractivity contribution in [3.8, 4) is 11.5 Å². The zero-order valence-corrected chi connectivity index (χ0v) is 16.0. The molecule has 1 aromatic heterocycles. The van der Waals surface area contributed by atoms with Gasteiger partial charge >= 0.3 is 0 Å². The molecule has 1 N–H and O–H groups in total. The molecule has 6 nitrogen and oxygen atoms in total. The topological polar surface area (TPSA) is 73.3 Å². The zero-order valence-electron chi connectivity index (χ0n) is 14.4. The van der Waals surface area contributed by atoms with Crippen molar-refractivity contribution in [3.05, 3.63) is 23.8 Å². The Balaban J connectivity index is 2.01. The molecule has 0 saturated carbocycles. The summed E-state index contributed by atoms with van der Waals surface area (Å²) in [5, 5.41) is 12.2. The molecule has 130 valence electrons. The number of ketones is 1. The molecule has 0 aliphatic rings. The van der Waals surface area contributed by atoms with Crippen LogP contribution >= 0.6 is 23.1 Å². The summed E-state index contributed by atoms with van der Waals surface area (Å²) in [5.41, 5.74) is 0.455.